The number of benzene rings is 1. The van der Waals surface area contributed by atoms with Crippen molar-refractivity contribution in [3.05, 3.63) is 35.9 Å². The molecule has 2 heterocycles. The molecule has 3 N–H and O–H groups in total. The first-order valence-corrected chi connectivity index (χ1v) is 9.90. The van der Waals surface area contributed by atoms with Crippen LogP contribution in [-0.4, -0.2) is 47.7 Å². The molecule has 3 aliphatic rings. The second-order valence-electron chi connectivity index (χ2n) is 7.65. The number of amides is 2. The van der Waals surface area contributed by atoms with Gasteiger partial charge in [-0.15, -0.1) is 0 Å². The Morgan fingerprint density at radius 1 is 1.19 bits per heavy atom. The number of carbonyl (C=O) groups is 2. The largest absolute Gasteiger partial charge is 0.353 e. The molecule has 7 nitrogen and oxygen atoms in total. The van der Waals surface area contributed by atoms with Crippen LogP contribution in [0.1, 0.15) is 44.1 Å². The average molecular weight is 369 g/mol. The molecule has 1 aliphatic carbocycles. The van der Waals surface area contributed by atoms with Gasteiger partial charge in [0, 0.05) is 37.9 Å². The van der Waals surface area contributed by atoms with Crippen LogP contribution in [0.15, 0.2) is 35.4 Å². The summed E-state index contributed by atoms with van der Waals surface area (Å²) in [5.41, 5.74) is 8.48. The van der Waals surface area contributed by atoms with Gasteiger partial charge in [-0.3, -0.25) is 20.4 Å². The standard InChI is InChI=1S/C20H27N5O2/c26-19(22-16-6-7-17-15(12-16)13-21-23-17)8-9-20(27)25-11-10-18(24-25)14-4-2-1-3-5-14/h1-5,15-17,21,23H,6-13H2,(H,22,26). The van der Waals surface area contributed by atoms with Gasteiger partial charge >= 0.3 is 0 Å². The van der Waals surface area contributed by atoms with Crippen LogP contribution in [0.5, 0.6) is 0 Å². The second kappa shape index (κ2) is 8.19. The fraction of sp³-hybridized carbons (Fsp3) is 0.550. The van der Waals surface area contributed by atoms with Gasteiger partial charge in [-0.1, -0.05) is 30.3 Å². The molecular weight excluding hydrogens is 342 g/mol. The third-order valence-electron chi connectivity index (χ3n) is 5.76. The van der Waals surface area contributed by atoms with Gasteiger partial charge in [-0.2, -0.15) is 5.10 Å². The predicted molar refractivity (Wildman–Crippen MR) is 103 cm³/mol. The van der Waals surface area contributed by atoms with E-state index in [1.165, 1.54) is 5.01 Å². The summed E-state index contributed by atoms with van der Waals surface area (Å²) in [5, 5.41) is 9.06. The highest BCUT2D eigenvalue weighted by atomic mass is 16.2. The Kier molecular flexibility index (Phi) is 5.50. The average Bonchev–Trinajstić information content (AvgIpc) is 3.36. The SMILES string of the molecule is O=C(CCC(=O)N1CCC(c2ccccc2)=N1)NC1CCC2NNCC2C1. The van der Waals surface area contributed by atoms with Gasteiger partial charge in [-0.25, -0.2) is 5.01 Å². The lowest BCUT2D eigenvalue weighted by molar-refractivity contribution is -0.133. The van der Waals surface area contributed by atoms with E-state index < -0.39 is 0 Å². The van der Waals surface area contributed by atoms with Gasteiger partial charge in [0.25, 0.3) is 0 Å². The molecule has 1 saturated carbocycles. The number of fused-ring (bicyclic) bond motifs is 1. The van der Waals surface area contributed by atoms with Crippen molar-refractivity contribution in [3.63, 3.8) is 0 Å². The van der Waals surface area contributed by atoms with E-state index in [2.05, 4.69) is 21.3 Å². The number of hydrogen-bond donors (Lipinski definition) is 3. The molecule has 0 bridgehead atoms. The Bertz CT molecular complexity index is 720. The number of carbonyl (C=O) groups excluding carboxylic acids is 2. The zero-order chi connectivity index (χ0) is 18.6. The Hall–Kier alpha value is -2.25. The molecular formula is C20H27N5O2. The molecule has 1 aromatic carbocycles. The lowest BCUT2D eigenvalue weighted by Gasteiger charge is -2.31. The lowest BCUT2D eigenvalue weighted by atomic mass is 9.83. The number of hydrazine groups is 1. The van der Waals surface area contributed by atoms with E-state index in [-0.39, 0.29) is 30.7 Å². The maximum Gasteiger partial charge on any atom is 0.243 e. The number of nitrogens with zero attached hydrogens (tertiary/aromatic N) is 2. The normalized spacial score (nSPS) is 27.2. The number of rotatable bonds is 5. The van der Waals surface area contributed by atoms with Crippen LogP contribution < -0.4 is 16.2 Å². The van der Waals surface area contributed by atoms with Crippen LogP contribution in [0, 0.1) is 5.92 Å². The van der Waals surface area contributed by atoms with Gasteiger partial charge in [0.2, 0.25) is 11.8 Å². The highest BCUT2D eigenvalue weighted by Crippen LogP contribution is 2.26. The third-order valence-corrected chi connectivity index (χ3v) is 5.76. The molecule has 2 fully saturated rings. The van der Waals surface area contributed by atoms with E-state index >= 15 is 0 Å². The summed E-state index contributed by atoms with van der Waals surface area (Å²) >= 11 is 0. The van der Waals surface area contributed by atoms with Crippen LogP contribution in [0.3, 0.4) is 0 Å². The highest BCUT2D eigenvalue weighted by Gasteiger charge is 2.34. The summed E-state index contributed by atoms with van der Waals surface area (Å²) in [5.74, 6) is 0.474. The zero-order valence-electron chi connectivity index (χ0n) is 15.5. The molecule has 3 unspecified atom stereocenters. The fourth-order valence-corrected chi connectivity index (χ4v) is 4.25. The Morgan fingerprint density at radius 2 is 2.04 bits per heavy atom. The first-order chi connectivity index (χ1) is 13.2. The maximum atomic E-state index is 12.4. The molecule has 1 saturated heterocycles. The number of hydrazone groups is 1. The fourth-order valence-electron chi connectivity index (χ4n) is 4.25. The van der Waals surface area contributed by atoms with E-state index in [4.69, 9.17) is 0 Å². The minimum Gasteiger partial charge on any atom is -0.353 e. The van der Waals surface area contributed by atoms with Crippen LogP contribution >= 0.6 is 0 Å². The van der Waals surface area contributed by atoms with Crippen molar-refractivity contribution in [2.45, 2.75) is 50.6 Å². The first kappa shape index (κ1) is 18.1. The summed E-state index contributed by atoms with van der Waals surface area (Å²) in [6.45, 7) is 1.56. The molecule has 7 heteroatoms. The van der Waals surface area contributed by atoms with Crippen LogP contribution in [-0.2, 0) is 9.59 Å². The summed E-state index contributed by atoms with van der Waals surface area (Å²) in [7, 11) is 0. The van der Waals surface area contributed by atoms with Gasteiger partial charge in [0.15, 0.2) is 0 Å². The smallest absolute Gasteiger partial charge is 0.243 e. The van der Waals surface area contributed by atoms with Crippen molar-refractivity contribution < 1.29 is 9.59 Å². The minimum atomic E-state index is -0.0796. The van der Waals surface area contributed by atoms with E-state index in [0.717, 1.165) is 43.5 Å². The topological polar surface area (TPSA) is 85.8 Å². The minimum absolute atomic E-state index is 0.0304. The first-order valence-electron chi connectivity index (χ1n) is 9.90. The Morgan fingerprint density at radius 3 is 2.89 bits per heavy atom. The molecule has 0 radical (unpaired) electrons. The van der Waals surface area contributed by atoms with Gasteiger partial charge in [-0.05, 0) is 30.7 Å². The van der Waals surface area contributed by atoms with Crippen molar-refractivity contribution in [2.75, 3.05) is 13.1 Å². The lowest BCUT2D eigenvalue weighted by Crippen LogP contribution is -2.44. The molecule has 3 atom stereocenters. The molecule has 0 spiro atoms. The molecule has 2 aliphatic heterocycles. The van der Waals surface area contributed by atoms with Crippen molar-refractivity contribution in [1.82, 2.24) is 21.2 Å². The third kappa shape index (κ3) is 4.36. The maximum absolute atomic E-state index is 12.4. The Balaban J connectivity index is 1.22. The summed E-state index contributed by atoms with van der Waals surface area (Å²) < 4.78 is 0. The molecule has 0 aromatic heterocycles. The quantitative estimate of drug-likeness (QED) is 0.727. The van der Waals surface area contributed by atoms with Crippen LogP contribution in [0.2, 0.25) is 0 Å². The second-order valence-corrected chi connectivity index (χ2v) is 7.65. The van der Waals surface area contributed by atoms with Crippen molar-refractivity contribution in [1.29, 1.82) is 0 Å². The summed E-state index contributed by atoms with van der Waals surface area (Å²) in [4.78, 5) is 24.7. The predicted octanol–water partition coefficient (Wildman–Crippen LogP) is 1.16. The number of nitrogens with one attached hydrogen (secondary N) is 3. The van der Waals surface area contributed by atoms with Crippen LogP contribution in [0.4, 0.5) is 0 Å². The molecule has 1 aromatic rings. The highest BCUT2D eigenvalue weighted by molar-refractivity contribution is 6.02. The van der Waals surface area contributed by atoms with Gasteiger partial charge in [0.1, 0.15) is 0 Å². The molecule has 27 heavy (non-hydrogen) atoms. The van der Waals surface area contributed by atoms with E-state index in [0.29, 0.717) is 18.5 Å². The van der Waals surface area contributed by atoms with E-state index in [9.17, 15) is 9.59 Å². The monoisotopic (exact) mass is 369 g/mol. The summed E-state index contributed by atoms with van der Waals surface area (Å²) in [6, 6.07) is 10.7. The zero-order valence-corrected chi connectivity index (χ0v) is 15.5. The van der Waals surface area contributed by atoms with Crippen molar-refractivity contribution in [3.8, 4) is 0 Å². The van der Waals surface area contributed by atoms with Gasteiger partial charge < -0.3 is 5.32 Å². The van der Waals surface area contributed by atoms with E-state index in [1.54, 1.807) is 0 Å². The Labute approximate surface area is 159 Å². The number of hydrogen-bond acceptors (Lipinski definition) is 5. The van der Waals surface area contributed by atoms with Crippen molar-refractivity contribution >= 4 is 17.5 Å². The molecule has 144 valence electrons. The molecule has 4 rings (SSSR count). The summed E-state index contributed by atoms with van der Waals surface area (Å²) in [6.07, 6.45) is 4.26. The van der Waals surface area contributed by atoms with E-state index in [1.807, 2.05) is 30.3 Å². The van der Waals surface area contributed by atoms with Crippen molar-refractivity contribution in [2.24, 2.45) is 11.0 Å². The molecule has 2 amide bonds. The van der Waals surface area contributed by atoms with Gasteiger partial charge in [0.05, 0.1) is 12.3 Å². The van der Waals surface area contributed by atoms with Crippen LogP contribution in [0.25, 0.3) is 0 Å².